The van der Waals surface area contributed by atoms with Gasteiger partial charge in [-0.15, -0.1) is 0 Å². The Kier molecular flexibility index (Phi) is 7.25. The van der Waals surface area contributed by atoms with Gasteiger partial charge in [0.05, 0.1) is 13.2 Å². The second-order valence-corrected chi connectivity index (χ2v) is 8.62. The Bertz CT molecular complexity index is 853. The zero-order chi connectivity index (χ0) is 20.4. The molecule has 0 amide bonds. The molecule has 2 rings (SSSR count). The highest BCUT2D eigenvalue weighted by Crippen LogP contribution is 2.47. The molecule has 5 atom stereocenters. The zero-order valence-corrected chi connectivity index (χ0v) is 16.5. The van der Waals surface area contributed by atoms with Crippen LogP contribution in [-0.4, -0.2) is 62.6 Å². The van der Waals surface area contributed by atoms with Gasteiger partial charge in [-0.3, -0.25) is 23.4 Å². The molecule has 16 heteroatoms. The maximum atomic E-state index is 12.1. The summed E-state index contributed by atoms with van der Waals surface area (Å²) in [6.45, 7) is -1.77. The van der Waals surface area contributed by atoms with Gasteiger partial charge in [0.2, 0.25) is 7.23 Å². The number of methoxy groups -OCH3 is 1. The number of thiol groups is 1. The Morgan fingerprint density at radius 2 is 2.15 bits per heavy atom. The van der Waals surface area contributed by atoms with Crippen molar-refractivity contribution in [3.8, 4) is 0 Å². The van der Waals surface area contributed by atoms with E-state index in [2.05, 4.69) is 16.8 Å². The molecule has 1 aliphatic rings. The van der Waals surface area contributed by atoms with Crippen molar-refractivity contribution >= 4 is 27.3 Å². The first-order chi connectivity index (χ1) is 12.5. The van der Waals surface area contributed by atoms with Crippen LogP contribution < -0.4 is 11.2 Å². The van der Waals surface area contributed by atoms with Gasteiger partial charge in [-0.1, -0.05) is 12.2 Å². The number of aliphatic hydroxyl groups is 1. The fraction of sp³-hybridized carbons (Fsp3) is 0.636. The third-order valence-electron chi connectivity index (χ3n) is 3.82. The number of aromatic nitrogens is 2. The summed E-state index contributed by atoms with van der Waals surface area (Å²) >= 11 is 3.67. The van der Waals surface area contributed by atoms with Gasteiger partial charge in [0.15, 0.2) is 6.23 Å². The van der Waals surface area contributed by atoms with Gasteiger partial charge in [0, 0.05) is 19.4 Å². The van der Waals surface area contributed by atoms with Crippen LogP contribution in [0.1, 0.15) is 6.23 Å². The van der Waals surface area contributed by atoms with Crippen LogP contribution in [-0.2, 0) is 27.7 Å². The number of aliphatic hydroxyl groups excluding tert-OH is 1. The third-order valence-corrected chi connectivity index (χ3v) is 5.06. The molecular weight excluding hydrogens is 430 g/mol. The molecule has 0 bridgehead atoms. The van der Waals surface area contributed by atoms with Gasteiger partial charge in [0.1, 0.15) is 17.8 Å². The molecule has 0 spiro atoms. The van der Waals surface area contributed by atoms with E-state index in [-0.39, 0.29) is 0 Å². The van der Waals surface area contributed by atoms with Crippen LogP contribution in [0, 0.1) is 0 Å². The van der Waals surface area contributed by atoms with Crippen LogP contribution in [0.3, 0.4) is 0 Å². The summed E-state index contributed by atoms with van der Waals surface area (Å²) in [5.41, 5.74) is -3.50. The highest BCUT2D eigenvalue weighted by molar-refractivity contribution is 8.39. The molecule has 13 nitrogen and oxygen atoms in total. The predicted molar refractivity (Wildman–Crippen MR) is 92.9 cm³/mol. The molecule has 0 aliphatic carbocycles. The van der Waals surface area contributed by atoms with Gasteiger partial charge in [-0.25, -0.2) is 9.36 Å². The van der Waals surface area contributed by atoms with E-state index in [0.29, 0.717) is 0 Å². The monoisotopic (exact) mass is 448 g/mol. The maximum Gasteiger partial charge on any atom is 0.469 e. The lowest BCUT2D eigenvalue weighted by molar-refractivity contribution is -0.144. The van der Waals surface area contributed by atoms with Crippen LogP contribution >= 0.6 is 27.3 Å². The summed E-state index contributed by atoms with van der Waals surface area (Å²) in [5, 5.41) is 9.83. The molecule has 1 fully saturated rings. The van der Waals surface area contributed by atoms with Crippen molar-refractivity contribution in [1.29, 1.82) is 0 Å². The van der Waals surface area contributed by atoms with Crippen molar-refractivity contribution in [3.05, 3.63) is 33.1 Å². The number of nitrogens with one attached hydrogen (secondary N) is 1. The number of H-pyrrole nitrogens is 1. The van der Waals surface area contributed by atoms with Crippen molar-refractivity contribution in [3.63, 3.8) is 0 Å². The molecule has 27 heavy (non-hydrogen) atoms. The van der Waals surface area contributed by atoms with Crippen LogP contribution in [0.2, 0.25) is 0 Å². The first-order valence-electron chi connectivity index (χ1n) is 7.25. The summed E-state index contributed by atoms with van der Waals surface area (Å²) < 4.78 is 44.0. The van der Waals surface area contributed by atoms with E-state index in [1.165, 1.54) is 7.11 Å². The summed E-state index contributed by atoms with van der Waals surface area (Å²) in [6, 6.07) is 1.03. The van der Waals surface area contributed by atoms with E-state index in [1.54, 1.807) is 0 Å². The number of hydrogen-bond donors (Lipinski definition) is 5. The van der Waals surface area contributed by atoms with Crippen molar-refractivity contribution < 1.29 is 42.5 Å². The van der Waals surface area contributed by atoms with Crippen LogP contribution in [0.25, 0.3) is 0 Å². The molecule has 1 aromatic heterocycles. The van der Waals surface area contributed by atoms with E-state index in [9.17, 15) is 23.8 Å². The van der Waals surface area contributed by atoms with Gasteiger partial charge in [-0.05, 0) is 0 Å². The van der Waals surface area contributed by atoms with E-state index >= 15 is 0 Å². The fourth-order valence-corrected chi connectivity index (χ4v) is 3.97. The number of aromatic amines is 1. The maximum absolute atomic E-state index is 12.1. The number of hydrogen-bond acceptors (Lipinski definition) is 9. The molecule has 1 saturated heterocycles. The van der Waals surface area contributed by atoms with Crippen LogP contribution in [0.15, 0.2) is 21.9 Å². The number of phosphoric ester groups is 1. The second kappa shape index (κ2) is 8.70. The molecule has 0 saturated carbocycles. The van der Waals surface area contributed by atoms with E-state index in [1.807, 2.05) is 4.98 Å². The Morgan fingerprint density at radius 1 is 1.48 bits per heavy atom. The molecule has 1 aliphatic heterocycles. The van der Waals surface area contributed by atoms with Crippen molar-refractivity contribution in [2.45, 2.75) is 24.0 Å². The van der Waals surface area contributed by atoms with E-state index < -0.39 is 63.6 Å². The third kappa shape index (κ3) is 5.18. The highest BCUT2D eigenvalue weighted by Gasteiger charge is 2.58. The minimum atomic E-state index is -4.96. The normalized spacial score (nSPS) is 29.7. The molecule has 154 valence electrons. The lowest BCUT2D eigenvalue weighted by Crippen LogP contribution is -2.50. The largest absolute Gasteiger partial charge is 0.469 e. The molecule has 0 aromatic carbocycles. The molecule has 1 aromatic rings. The molecule has 2 unspecified atom stereocenters. The minimum Gasteiger partial charge on any atom is -0.393 e. The first kappa shape index (κ1) is 22.5. The molecule has 4 N–H and O–H groups in total. The van der Waals surface area contributed by atoms with Gasteiger partial charge in [0.25, 0.3) is 5.56 Å². The van der Waals surface area contributed by atoms with Gasteiger partial charge < -0.3 is 28.9 Å². The number of rotatable bonds is 8. The van der Waals surface area contributed by atoms with Crippen molar-refractivity contribution in [1.82, 2.24) is 9.55 Å². The summed E-state index contributed by atoms with van der Waals surface area (Å²) in [6.07, 6.45) is -2.78. The second-order valence-electron chi connectivity index (χ2n) is 5.52. The Hall–Kier alpha value is -0.790. The van der Waals surface area contributed by atoms with Crippen molar-refractivity contribution in [2.24, 2.45) is 0 Å². The smallest absolute Gasteiger partial charge is 0.393 e. The highest BCUT2D eigenvalue weighted by atomic mass is 32.7. The van der Waals surface area contributed by atoms with Crippen LogP contribution in [0.4, 0.5) is 0 Å². The number of phosphoric acid groups is 1. The molecule has 0 radical (unpaired) electrons. The lowest BCUT2D eigenvalue weighted by atomic mass is 9.97. The summed E-state index contributed by atoms with van der Waals surface area (Å²) in [5.74, 6) is 0. The number of ether oxygens (including phenoxy) is 2. The predicted octanol–water partition coefficient (Wildman–Crippen LogP) is -1.37. The average Bonchev–Trinajstić information content (AvgIpc) is 2.85. The first-order valence-corrected chi connectivity index (χ1v) is 11.4. The quantitative estimate of drug-likeness (QED) is 0.233. The van der Waals surface area contributed by atoms with E-state index in [0.717, 1.165) is 16.8 Å². The van der Waals surface area contributed by atoms with E-state index in [4.69, 9.17) is 23.8 Å². The fourth-order valence-electron chi connectivity index (χ4n) is 2.67. The SMILES string of the molecule is CO[C@H]1C(O[PH](=O)S)[C@@](CO)(COP(=O)(O)O)O[C@H]1n1ccc(=O)[nH]c1=O. The Labute approximate surface area is 157 Å². The topological polar surface area (TPSA) is 187 Å². The Balaban J connectivity index is 2.51. The standard InChI is InChI=1S/C11H18N2O11P2S/c1-21-7-8(24-25(17)27)11(4-14,5-22-26(18,19)20)23-9(7)13-3-2-6(15)12-10(13)16/h2-3,7-9,14,25H,4-5H2,1H3,(H,17,27)(H,12,15,16)(H2,18,19,20)/t7-,8?,9+,11+/m0/s1. The van der Waals surface area contributed by atoms with Crippen LogP contribution in [0.5, 0.6) is 0 Å². The average molecular weight is 448 g/mol. The summed E-state index contributed by atoms with van der Waals surface area (Å²) in [4.78, 5) is 43.2. The minimum absolute atomic E-state index is 0.672. The van der Waals surface area contributed by atoms with Gasteiger partial charge in [-0.2, -0.15) is 0 Å². The number of nitrogens with zero attached hydrogens (tertiary/aromatic N) is 1. The van der Waals surface area contributed by atoms with Gasteiger partial charge >= 0.3 is 13.5 Å². The molecular formula is C11H18N2O11P2S. The Morgan fingerprint density at radius 3 is 2.63 bits per heavy atom. The lowest BCUT2D eigenvalue weighted by Gasteiger charge is -2.32. The zero-order valence-electron chi connectivity index (χ0n) is 13.8. The molecule has 2 heterocycles. The summed E-state index contributed by atoms with van der Waals surface area (Å²) in [7, 11) is -6.69. The van der Waals surface area contributed by atoms with Crippen molar-refractivity contribution in [2.75, 3.05) is 20.3 Å².